The second kappa shape index (κ2) is 5.32. The molecule has 4 nitrogen and oxygen atoms in total. The molecule has 0 unspecified atom stereocenters. The molecule has 0 saturated heterocycles. The van der Waals surface area contributed by atoms with E-state index in [2.05, 4.69) is 4.98 Å². The van der Waals surface area contributed by atoms with Gasteiger partial charge in [0.25, 0.3) is 0 Å². The molecule has 1 aromatic heterocycles. The fraction of sp³-hybridized carbons (Fsp3) is 0.154. The molecule has 4 heteroatoms. The van der Waals surface area contributed by atoms with E-state index in [1.807, 2.05) is 24.3 Å². The molecule has 0 aliphatic carbocycles. The zero-order valence-electron chi connectivity index (χ0n) is 9.46. The minimum atomic E-state index is -0.0974. The van der Waals surface area contributed by atoms with Gasteiger partial charge in [-0.2, -0.15) is 0 Å². The van der Waals surface area contributed by atoms with Crippen molar-refractivity contribution in [1.82, 2.24) is 4.98 Å². The Morgan fingerprint density at radius 2 is 1.76 bits per heavy atom. The maximum absolute atomic E-state index is 8.96. The first-order chi connectivity index (χ1) is 8.31. The topological polar surface area (TPSA) is 51.6 Å². The lowest BCUT2D eigenvalue weighted by molar-refractivity contribution is 0.276. The van der Waals surface area contributed by atoms with Crippen LogP contribution in [0.4, 0.5) is 0 Å². The number of ether oxygens (including phenoxy) is 2. The number of pyridine rings is 1. The third-order valence-electron chi connectivity index (χ3n) is 2.25. The Labute approximate surface area is 99.5 Å². The van der Waals surface area contributed by atoms with E-state index in [-0.39, 0.29) is 6.61 Å². The van der Waals surface area contributed by atoms with Gasteiger partial charge in [-0.25, -0.2) is 0 Å². The molecule has 88 valence electrons. The van der Waals surface area contributed by atoms with Crippen molar-refractivity contribution < 1.29 is 14.6 Å². The minimum absolute atomic E-state index is 0.0974. The standard InChI is InChI=1S/C13H13NO3/c1-16-11-2-4-12(5-3-11)17-13-6-7-14-10(8-13)9-15/h2-8,15H,9H2,1H3. The van der Waals surface area contributed by atoms with Crippen LogP contribution in [0.15, 0.2) is 42.6 Å². The van der Waals surface area contributed by atoms with Crippen LogP contribution < -0.4 is 9.47 Å². The van der Waals surface area contributed by atoms with E-state index >= 15 is 0 Å². The molecule has 1 aromatic carbocycles. The van der Waals surface area contributed by atoms with E-state index in [1.165, 1.54) is 0 Å². The molecule has 0 saturated carbocycles. The second-order valence-electron chi connectivity index (χ2n) is 3.42. The Kier molecular flexibility index (Phi) is 3.57. The SMILES string of the molecule is COc1ccc(Oc2ccnc(CO)c2)cc1. The first kappa shape index (κ1) is 11.4. The molecule has 1 N–H and O–H groups in total. The summed E-state index contributed by atoms with van der Waals surface area (Å²) in [7, 11) is 1.62. The molecule has 0 atom stereocenters. The summed E-state index contributed by atoms with van der Waals surface area (Å²) in [6, 6.07) is 10.7. The Bertz CT molecular complexity index is 482. The average Bonchev–Trinajstić information content (AvgIpc) is 2.40. The summed E-state index contributed by atoms with van der Waals surface area (Å²) < 4.78 is 10.7. The maximum Gasteiger partial charge on any atom is 0.130 e. The summed E-state index contributed by atoms with van der Waals surface area (Å²) >= 11 is 0. The van der Waals surface area contributed by atoms with Crippen molar-refractivity contribution in [3.63, 3.8) is 0 Å². The average molecular weight is 231 g/mol. The molecule has 17 heavy (non-hydrogen) atoms. The van der Waals surface area contributed by atoms with Crippen molar-refractivity contribution >= 4 is 0 Å². The van der Waals surface area contributed by atoms with Crippen molar-refractivity contribution in [1.29, 1.82) is 0 Å². The minimum Gasteiger partial charge on any atom is -0.497 e. The summed E-state index contributed by atoms with van der Waals surface area (Å²) in [6.45, 7) is -0.0974. The van der Waals surface area contributed by atoms with Gasteiger partial charge in [0, 0.05) is 12.3 Å². The highest BCUT2D eigenvalue weighted by Gasteiger charge is 2.00. The van der Waals surface area contributed by atoms with E-state index in [0.29, 0.717) is 17.2 Å². The van der Waals surface area contributed by atoms with Gasteiger partial charge in [0.15, 0.2) is 0 Å². The Morgan fingerprint density at radius 3 is 2.41 bits per heavy atom. The van der Waals surface area contributed by atoms with Crippen LogP contribution in [0.2, 0.25) is 0 Å². The molecule has 0 aliphatic rings. The lowest BCUT2D eigenvalue weighted by Gasteiger charge is -2.07. The Balaban J connectivity index is 2.13. The van der Waals surface area contributed by atoms with E-state index in [0.717, 1.165) is 5.75 Å². The monoisotopic (exact) mass is 231 g/mol. The maximum atomic E-state index is 8.96. The molecular formula is C13H13NO3. The summed E-state index contributed by atoms with van der Waals surface area (Å²) in [5.74, 6) is 2.14. The van der Waals surface area contributed by atoms with Gasteiger partial charge in [0.05, 0.1) is 19.4 Å². The predicted octanol–water partition coefficient (Wildman–Crippen LogP) is 2.37. The van der Waals surface area contributed by atoms with Crippen LogP contribution in [-0.4, -0.2) is 17.2 Å². The van der Waals surface area contributed by atoms with Gasteiger partial charge in [0.2, 0.25) is 0 Å². The highest BCUT2D eigenvalue weighted by Crippen LogP contribution is 2.23. The van der Waals surface area contributed by atoms with Crippen LogP contribution in [0.3, 0.4) is 0 Å². The fourth-order valence-electron chi connectivity index (χ4n) is 1.39. The van der Waals surface area contributed by atoms with Crippen molar-refractivity contribution in [2.75, 3.05) is 7.11 Å². The summed E-state index contributed by atoms with van der Waals surface area (Å²) in [4.78, 5) is 3.98. The second-order valence-corrected chi connectivity index (χ2v) is 3.42. The molecule has 0 radical (unpaired) electrons. The number of aliphatic hydroxyl groups excluding tert-OH is 1. The third-order valence-corrected chi connectivity index (χ3v) is 2.25. The number of aliphatic hydroxyl groups is 1. The van der Waals surface area contributed by atoms with Crippen molar-refractivity contribution in [2.24, 2.45) is 0 Å². The smallest absolute Gasteiger partial charge is 0.130 e. The van der Waals surface area contributed by atoms with Crippen LogP contribution in [0.5, 0.6) is 17.2 Å². The van der Waals surface area contributed by atoms with Gasteiger partial charge in [0.1, 0.15) is 17.2 Å². The molecule has 0 bridgehead atoms. The zero-order chi connectivity index (χ0) is 12.1. The van der Waals surface area contributed by atoms with Gasteiger partial charge in [-0.1, -0.05) is 0 Å². The number of methoxy groups -OCH3 is 1. The van der Waals surface area contributed by atoms with Crippen molar-refractivity contribution in [2.45, 2.75) is 6.61 Å². The molecule has 0 amide bonds. The van der Waals surface area contributed by atoms with Crippen molar-refractivity contribution in [3.05, 3.63) is 48.3 Å². The Hall–Kier alpha value is -2.07. The molecule has 0 fully saturated rings. The number of rotatable bonds is 4. The van der Waals surface area contributed by atoms with Gasteiger partial charge in [-0.15, -0.1) is 0 Å². The highest BCUT2D eigenvalue weighted by molar-refractivity contribution is 5.35. The van der Waals surface area contributed by atoms with Gasteiger partial charge in [-0.05, 0) is 30.3 Å². The predicted molar refractivity (Wildman–Crippen MR) is 63.2 cm³/mol. The summed E-state index contributed by atoms with van der Waals surface area (Å²) in [5, 5.41) is 8.96. The number of nitrogens with zero attached hydrogens (tertiary/aromatic N) is 1. The molecule has 2 aromatic rings. The fourth-order valence-corrected chi connectivity index (χ4v) is 1.39. The van der Waals surface area contributed by atoms with Crippen LogP contribution >= 0.6 is 0 Å². The first-order valence-electron chi connectivity index (χ1n) is 5.19. The van der Waals surface area contributed by atoms with E-state index < -0.39 is 0 Å². The number of aromatic nitrogens is 1. The van der Waals surface area contributed by atoms with E-state index in [1.54, 1.807) is 25.4 Å². The Morgan fingerprint density at radius 1 is 1.06 bits per heavy atom. The highest BCUT2D eigenvalue weighted by atomic mass is 16.5. The lowest BCUT2D eigenvalue weighted by Crippen LogP contribution is -1.90. The van der Waals surface area contributed by atoms with Crippen LogP contribution in [0.1, 0.15) is 5.69 Å². The number of hydrogen-bond donors (Lipinski definition) is 1. The lowest BCUT2D eigenvalue weighted by atomic mass is 10.3. The van der Waals surface area contributed by atoms with E-state index in [9.17, 15) is 0 Å². The normalized spacial score (nSPS) is 10.0. The summed E-state index contributed by atoms with van der Waals surface area (Å²) in [6.07, 6.45) is 1.60. The first-order valence-corrected chi connectivity index (χ1v) is 5.19. The largest absolute Gasteiger partial charge is 0.497 e. The third kappa shape index (κ3) is 2.95. The van der Waals surface area contributed by atoms with Crippen molar-refractivity contribution in [3.8, 4) is 17.2 Å². The van der Waals surface area contributed by atoms with Crippen LogP contribution in [0, 0.1) is 0 Å². The molecule has 1 heterocycles. The number of benzene rings is 1. The van der Waals surface area contributed by atoms with Gasteiger partial charge >= 0.3 is 0 Å². The molecule has 0 spiro atoms. The number of hydrogen-bond acceptors (Lipinski definition) is 4. The molecule has 0 aliphatic heterocycles. The molecular weight excluding hydrogens is 218 g/mol. The quantitative estimate of drug-likeness (QED) is 0.877. The van der Waals surface area contributed by atoms with Crippen LogP contribution in [0.25, 0.3) is 0 Å². The molecule has 2 rings (SSSR count). The zero-order valence-corrected chi connectivity index (χ0v) is 9.46. The summed E-state index contributed by atoms with van der Waals surface area (Å²) in [5.41, 5.74) is 0.580. The van der Waals surface area contributed by atoms with E-state index in [4.69, 9.17) is 14.6 Å². The van der Waals surface area contributed by atoms with Gasteiger partial charge < -0.3 is 14.6 Å². The van der Waals surface area contributed by atoms with Gasteiger partial charge in [-0.3, -0.25) is 4.98 Å². The van der Waals surface area contributed by atoms with Crippen LogP contribution in [-0.2, 0) is 6.61 Å².